The number of carbonyl (C=O) groups excluding carboxylic acids is 1. The van der Waals surface area contributed by atoms with E-state index in [1.54, 1.807) is 0 Å². The first-order valence-corrected chi connectivity index (χ1v) is 8.54. The molecular weight excluding hydrogens is 291 g/mol. The highest BCUT2D eigenvalue weighted by atomic mass is 16.7. The Hall–Kier alpha value is -0.805. The number of hydrogen-bond acceptors (Lipinski definition) is 4. The van der Waals surface area contributed by atoms with Crippen LogP contribution in [0.15, 0.2) is 11.5 Å². The molecule has 130 valence electrons. The summed E-state index contributed by atoms with van der Waals surface area (Å²) >= 11 is 0. The van der Waals surface area contributed by atoms with E-state index in [-0.39, 0.29) is 24.3 Å². The molecule has 23 heavy (non-hydrogen) atoms. The van der Waals surface area contributed by atoms with Crippen molar-refractivity contribution in [1.29, 1.82) is 0 Å². The molecule has 2 aliphatic rings. The van der Waals surface area contributed by atoms with Gasteiger partial charge < -0.3 is 14.0 Å². The lowest BCUT2D eigenvalue weighted by molar-refractivity contribution is -0.167. The SMILES string of the molecule is CC(C)(C)OC(=O)C1(C)CC=C(B2OC(C)(C)C(C)(C)O2)CC1. The van der Waals surface area contributed by atoms with E-state index in [4.69, 9.17) is 14.0 Å². The molecule has 0 bridgehead atoms. The summed E-state index contributed by atoms with van der Waals surface area (Å²) in [6, 6.07) is 0. The smallest absolute Gasteiger partial charge is 0.460 e. The molecule has 2 rings (SSSR count). The second kappa shape index (κ2) is 5.63. The van der Waals surface area contributed by atoms with Gasteiger partial charge in [0.15, 0.2) is 0 Å². The summed E-state index contributed by atoms with van der Waals surface area (Å²) < 4.78 is 17.8. The van der Waals surface area contributed by atoms with Gasteiger partial charge in [-0.2, -0.15) is 0 Å². The van der Waals surface area contributed by atoms with Crippen molar-refractivity contribution in [2.45, 2.75) is 91.5 Å². The average Bonchev–Trinajstić information content (AvgIpc) is 2.57. The molecule has 1 aliphatic heterocycles. The van der Waals surface area contributed by atoms with Gasteiger partial charge in [0, 0.05) is 0 Å². The quantitative estimate of drug-likeness (QED) is 0.568. The molecular formula is C18H31BO4. The highest BCUT2D eigenvalue weighted by Crippen LogP contribution is 2.43. The first kappa shape index (κ1) is 18.5. The predicted octanol–water partition coefficient (Wildman–Crippen LogP) is 4.08. The van der Waals surface area contributed by atoms with Crippen molar-refractivity contribution >= 4 is 13.1 Å². The number of carbonyl (C=O) groups is 1. The zero-order valence-corrected chi connectivity index (χ0v) is 15.9. The molecule has 0 N–H and O–H groups in total. The highest BCUT2D eigenvalue weighted by Gasteiger charge is 2.53. The number of esters is 1. The zero-order chi connectivity index (χ0) is 17.7. The predicted molar refractivity (Wildman–Crippen MR) is 92.0 cm³/mol. The lowest BCUT2D eigenvalue weighted by atomic mass is 9.66. The van der Waals surface area contributed by atoms with Gasteiger partial charge in [-0.1, -0.05) is 6.08 Å². The lowest BCUT2D eigenvalue weighted by Gasteiger charge is -2.34. The summed E-state index contributed by atoms with van der Waals surface area (Å²) in [5.74, 6) is -0.116. The average molecular weight is 322 g/mol. The molecule has 1 fully saturated rings. The van der Waals surface area contributed by atoms with Crippen molar-refractivity contribution in [3.63, 3.8) is 0 Å². The first-order valence-electron chi connectivity index (χ1n) is 8.54. The maximum absolute atomic E-state index is 12.5. The van der Waals surface area contributed by atoms with Crippen molar-refractivity contribution in [2.24, 2.45) is 5.41 Å². The maximum Gasteiger partial charge on any atom is 0.490 e. The normalized spacial score (nSPS) is 30.1. The van der Waals surface area contributed by atoms with Gasteiger partial charge in [-0.3, -0.25) is 4.79 Å². The first-order chi connectivity index (χ1) is 10.3. The number of hydrogen-bond donors (Lipinski definition) is 0. The van der Waals surface area contributed by atoms with Gasteiger partial charge in [-0.15, -0.1) is 0 Å². The minimum atomic E-state index is -0.458. The molecule has 0 aromatic carbocycles. The molecule has 0 radical (unpaired) electrons. The number of ether oxygens (including phenoxy) is 1. The summed E-state index contributed by atoms with van der Waals surface area (Å²) in [5, 5.41) is 0. The molecule has 0 aromatic rings. The van der Waals surface area contributed by atoms with Crippen LogP contribution in [0.25, 0.3) is 0 Å². The van der Waals surface area contributed by atoms with Crippen LogP contribution < -0.4 is 0 Å². The summed E-state index contributed by atoms with van der Waals surface area (Å²) in [6.07, 6.45) is 4.33. The molecule has 0 spiro atoms. The van der Waals surface area contributed by atoms with Crippen molar-refractivity contribution in [2.75, 3.05) is 0 Å². The second-order valence-corrected chi connectivity index (χ2v) is 9.13. The van der Waals surface area contributed by atoms with Gasteiger partial charge in [0.2, 0.25) is 0 Å². The van der Waals surface area contributed by atoms with Crippen molar-refractivity contribution in [3.05, 3.63) is 11.5 Å². The van der Waals surface area contributed by atoms with Crippen molar-refractivity contribution < 1.29 is 18.8 Å². The Bertz CT molecular complexity index is 500. The Morgan fingerprint density at radius 1 is 1.13 bits per heavy atom. The summed E-state index contributed by atoms with van der Waals surface area (Å²) in [4.78, 5) is 12.5. The number of allylic oxidation sites excluding steroid dienone is 2. The topological polar surface area (TPSA) is 44.8 Å². The van der Waals surface area contributed by atoms with E-state index in [2.05, 4.69) is 33.8 Å². The van der Waals surface area contributed by atoms with Gasteiger partial charge in [0.25, 0.3) is 0 Å². The molecule has 1 saturated heterocycles. The van der Waals surface area contributed by atoms with Gasteiger partial charge in [0.1, 0.15) is 5.60 Å². The van der Waals surface area contributed by atoms with E-state index in [1.807, 2.05) is 27.7 Å². The van der Waals surface area contributed by atoms with Gasteiger partial charge in [-0.05, 0) is 80.1 Å². The molecule has 1 aliphatic carbocycles. The molecule has 0 amide bonds. The summed E-state index contributed by atoms with van der Waals surface area (Å²) in [7, 11) is -0.303. The molecule has 1 atom stereocenters. The van der Waals surface area contributed by atoms with Crippen LogP contribution in [0.2, 0.25) is 0 Å². The molecule has 1 unspecified atom stereocenters. The van der Waals surface area contributed by atoms with Gasteiger partial charge in [0.05, 0.1) is 16.6 Å². The Kier molecular flexibility index (Phi) is 4.53. The molecule has 0 aromatic heterocycles. The maximum atomic E-state index is 12.5. The second-order valence-electron chi connectivity index (χ2n) is 9.13. The number of rotatable bonds is 2. The Balaban J connectivity index is 2.06. The van der Waals surface area contributed by atoms with Crippen LogP contribution in [-0.2, 0) is 18.8 Å². The summed E-state index contributed by atoms with van der Waals surface area (Å²) in [6.45, 7) is 15.9. The van der Waals surface area contributed by atoms with Crippen LogP contribution in [0.5, 0.6) is 0 Å². The van der Waals surface area contributed by atoms with E-state index < -0.39 is 11.0 Å². The van der Waals surface area contributed by atoms with E-state index in [9.17, 15) is 4.79 Å². The minimum absolute atomic E-state index is 0.116. The third kappa shape index (κ3) is 3.82. The van der Waals surface area contributed by atoms with Crippen LogP contribution in [0.3, 0.4) is 0 Å². The molecule has 5 heteroatoms. The Labute approximate surface area is 141 Å². The fourth-order valence-electron chi connectivity index (χ4n) is 2.78. The van der Waals surface area contributed by atoms with Crippen LogP contribution in [-0.4, -0.2) is 29.9 Å². The van der Waals surface area contributed by atoms with E-state index in [0.29, 0.717) is 6.42 Å². The van der Waals surface area contributed by atoms with Crippen molar-refractivity contribution in [1.82, 2.24) is 0 Å². The zero-order valence-electron chi connectivity index (χ0n) is 15.9. The van der Waals surface area contributed by atoms with Crippen LogP contribution >= 0.6 is 0 Å². The minimum Gasteiger partial charge on any atom is -0.460 e. The molecule has 0 saturated carbocycles. The molecule has 1 heterocycles. The highest BCUT2D eigenvalue weighted by molar-refractivity contribution is 6.54. The van der Waals surface area contributed by atoms with Gasteiger partial charge >= 0.3 is 13.1 Å². The fraction of sp³-hybridized carbons (Fsp3) is 0.833. The lowest BCUT2D eigenvalue weighted by Crippen LogP contribution is -2.41. The van der Waals surface area contributed by atoms with Crippen LogP contribution in [0.1, 0.15) is 74.7 Å². The fourth-order valence-corrected chi connectivity index (χ4v) is 2.78. The third-order valence-electron chi connectivity index (χ3n) is 5.23. The summed E-state index contributed by atoms with van der Waals surface area (Å²) in [5.41, 5.74) is -0.421. The standard InChI is InChI=1S/C18H31BO4/c1-15(2,3)21-14(20)18(8)11-9-13(10-12-18)19-22-16(4,5)17(6,7)23-19/h9H,10-12H2,1-8H3. The van der Waals surface area contributed by atoms with Crippen LogP contribution in [0.4, 0.5) is 0 Å². The third-order valence-corrected chi connectivity index (χ3v) is 5.23. The van der Waals surface area contributed by atoms with Crippen molar-refractivity contribution in [3.8, 4) is 0 Å². The monoisotopic (exact) mass is 322 g/mol. The van der Waals surface area contributed by atoms with E-state index in [1.165, 1.54) is 0 Å². The van der Waals surface area contributed by atoms with E-state index in [0.717, 1.165) is 18.3 Å². The largest absolute Gasteiger partial charge is 0.490 e. The molecule has 4 nitrogen and oxygen atoms in total. The van der Waals surface area contributed by atoms with E-state index >= 15 is 0 Å². The Morgan fingerprint density at radius 2 is 1.65 bits per heavy atom. The van der Waals surface area contributed by atoms with Gasteiger partial charge in [-0.25, -0.2) is 0 Å². The Morgan fingerprint density at radius 3 is 2.04 bits per heavy atom. The van der Waals surface area contributed by atoms with Crippen LogP contribution in [0, 0.1) is 5.41 Å².